The Bertz CT molecular complexity index is 427. The minimum Gasteiger partial charge on any atom is -0.309 e. The number of halogens is 2. The Morgan fingerprint density at radius 3 is 2.22 bits per heavy atom. The van der Waals surface area contributed by atoms with Crippen molar-refractivity contribution in [3.63, 3.8) is 0 Å². The van der Waals surface area contributed by atoms with Crippen molar-refractivity contribution in [2.75, 3.05) is 0 Å². The third-order valence-electron chi connectivity index (χ3n) is 3.06. The molecule has 1 N–H and O–H groups in total. The van der Waals surface area contributed by atoms with Gasteiger partial charge in [-0.1, -0.05) is 20.8 Å². The maximum absolute atomic E-state index is 13.6. The normalized spacial score (nSPS) is 12.5. The highest BCUT2D eigenvalue weighted by Gasteiger charge is 2.15. The lowest BCUT2D eigenvalue weighted by Gasteiger charge is -2.21. The second kappa shape index (κ2) is 6.46. The zero-order valence-electron chi connectivity index (χ0n) is 10.9. The van der Waals surface area contributed by atoms with Crippen molar-refractivity contribution in [3.8, 4) is 6.07 Å². The lowest BCUT2D eigenvalue weighted by Crippen LogP contribution is -2.33. The van der Waals surface area contributed by atoms with E-state index in [-0.39, 0.29) is 23.7 Å². The number of nitriles is 1. The molecule has 0 aliphatic rings. The summed E-state index contributed by atoms with van der Waals surface area (Å²) in [4.78, 5) is 0. The third-order valence-corrected chi connectivity index (χ3v) is 3.06. The first-order valence-corrected chi connectivity index (χ1v) is 6.11. The number of nitrogens with zero attached hydrogens (tertiary/aromatic N) is 1. The van der Waals surface area contributed by atoms with Crippen LogP contribution in [0.3, 0.4) is 0 Å². The van der Waals surface area contributed by atoms with Gasteiger partial charge in [-0.3, -0.25) is 0 Å². The molecule has 1 rings (SSSR count). The van der Waals surface area contributed by atoms with Crippen molar-refractivity contribution in [3.05, 3.63) is 34.9 Å². The Morgan fingerprint density at radius 2 is 1.83 bits per heavy atom. The highest BCUT2D eigenvalue weighted by molar-refractivity contribution is 5.34. The molecule has 2 nitrogen and oxygen atoms in total. The maximum Gasteiger partial charge on any atom is 0.131 e. The highest BCUT2D eigenvalue weighted by atomic mass is 19.1. The molecule has 0 bridgehead atoms. The van der Waals surface area contributed by atoms with Crippen LogP contribution in [-0.2, 0) is 6.54 Å². The smallest absolute Gasteiger partial charge is 0.131 e. The molecular weight excluding hydrogens is 234 g/mol. The number of hydrogen-bond donors (Lipinski definition) is 1. The van der Waals surface area contributed by atoms with Gasteiger partial charge in [0.15, 0.2) is 0 Å². The molecule has 4 heteroatoms. The molecule has 0 spiro atoms. The second-order valence-electron chi connectivity index (χ2n) is 4.67. The summed E-state index contributed by atoms with van der Waals surface area (Å²) in [6, 6.07) is 4.08. The first-order valence-electron chi connectivity index (χ1n) is 6.11. The van der Waals surface area contributed by atoms with Gasteiger partial charge in [0.1, 0.15) is 11.6 Å². The van der Waals surface area contributed by atoms with E-state index < -0.39 is 11.6 Å². The fraction of sp³-hybridized carbons (Fsp3) is 0.500. The summed E-state index contributed by atoms with van der Waals surface area (Å²) in [5, 5.41) is 11.7. The fourth-order valence-corrected chi connectivity index (χ4v) is 1.92. The molecule has 0 aliphatic carbocycles. The van der Waals surface area contributed by atoms with Crippen LogP contribution in [-0.4, -0.2) is 6.04 Å². The first kappa shape index (κ1) is 14.6. The molecule has 0 fully saturated rings. The van der Waals surface area contributed by atoms with E-state index in [4.69, 9.17) is 5.26 Å². The van der Waals surface area contributed by atoms with E-state index in [9.17, 15) is 8.78 Å². The summed E-state index contributed by atoms with van der Waals surface area (Å²) in [6.07, 6.45) is 0.900. The van der Waals surface area contributed by atoms with Crippen LogP contribution < -0.4 is 5.32 Å². The predicted octanol–water partition coefficient (Wildman–Crippen LogP) is 3.36. The van der Waals surface area contributed by atoms with Crippen LogP contribution in [0.15, 0.2) is 12.1 Å². The Balaban J connectivity index is 2.83. The Hall–Kier alpha value is -1.47. The van der Waals surface area contributed by atoms with Crippen LogP contribution in [0.25, 0.3) is 0 Å². The van der Waals surface area contributed by atoms with Crippen LogP contribution in [0.5, 0.6) is 0 Å². The monoisotopic (exact) mass is 252 g/mol. The molecule has 0 radical (unpaired) electrons. The van der Waals surface area contributed by atoms with E-state index >= 15 is 0 Å². The van der Waals surface area contributed by atoms with E-state index in [1.54, 1.807) is 6.07 Å². The molecule has 1 aromatic rings. The molecule has 0 saturated carbocycles. The van der Waals surface area contributed by atoms with Crippen LogP contribution in [0, 0.1) is 28.9 Å². The average molecular weight is 252 g/mol. The fourth-order valence-electron chi connectivity index (χ4n) is 1.92. The van der Waals surface area contributed by atoms with Crippen molar-refractivity contribution < 1.29 is 8.78 Å². The van der Waals surface area contributed by atoms with Gasteiger partial charge in [-0.05, 0) is 24.5 Å². The topological polar surface area (TPSA) is 35.8 Å². The van der Waals surface area contributed by atoms with Gasteiger partial charge < -0.3 is 5.32 Å². The van der Waals surface area contributed by atoms with Crippen molar-refractivity contribution in [1.29, 1.82) is 5.26 Å². The van der Waals surface area contributed by atoms with E-state index in [0.717, 1.165) is 18.6 Å². The third kappa shape index (κ3) is 3.51. The van der Waals surface area contributed by atoms with E-state index in [1.807, 2.05) is 6.92 Å². The number of nitrogens with one attached hydrogen (secondary N) is 1. The Labute approximate surface area is 107 Å². The van der Waals surface area contributed by atoms with Crippen LogP contribution in [0.4, 0.5) is 8.78 Å². The van der Waals surface area contributed by atoms with Crippen LogP contribution >= 0.6 is 0 Å². The number of benzene rings is 1. The lowest BCUT2D eigenvalue weighted by atomic mass is 10.0. The zero-order chi connectivity index (χ0) is 13.7. The molecule has 18 heavy (non-hydrogen) atoms. The van der Waals surface area contributed by atoms with Gasteiger partial charge in [-0.15, -0.1) is 0 Å². The highest BCUT2D eigenvalue weighted by Crippen LogP contribution is 2.16. The minimum absolute atomic E-state index is 0.00431. The van der Waals surface area contributed by atoms with E-state index in [0.29, 0.717) is 5.92 Å². The quantitative estimate of drug-likeness (QED) is 0.872. The molecule has 0 aliphatic heterocycles. The largest absolute Gasteiger partial charge is 0.309 e. The van der Waals surface area contributed by atoms with Gasteiger partial charge in [0, 0.05) is 18.2 Å². The van der Waals surface area contributed by atoms with Gasteiger partial charge in [-0.25, -0.2) is 8.78 Å². The summed E-state index contributed by atoms with van der Waals surface area (Å²) in [6.45, 7) is 6.29. The SMILES string of the molecule is CCC(NCc1c(F)cc(C#N)cc1F)C(C)C. The molecule has 0 heterocycles. The predicted molar refractivity (Wildman–Crippen MR) is 66.8 cm³/mol. The summed E-state index contributed by atoms with van der Waals surface area (Å²) in [7, 11) is 0. The van der Waals surface area contributed by atoms with Crippen molar-refractivity contribution in [2.45, 2.75) is 39.8 Å². The van der Waals surface area contributed by atoms with Crippen molar-refractivity contribution in [1.82, 2.24) is 5.32 Å². The average Bonchev–Trinajstić information content (AvgIpc) is 2.32. The molecule has 1 atom stereocenters. The molecule has 1 aromatic carbocycles. The number of rotatable bonds is 5. The van der Waals surface area contributed by atoms with Gasteiger partial charge in [0.05, 0.1) is 11.6 Å². The van der Waals surface area contributed by atoms with Gasteiger partial charge >= 0.3 is 0 Å². The van der Waals surface area contributed by atoms with Crippen LogP contribution in [0.2, 0.25) is 0 Å². The number of hydrogen-bond acceptors (Lipinski definition) is 2. The molecule has 98 valence electrons. The van der Waals surface area contributed by atoms with Crippen LogP contribution in [0.1, 0.15) is 38.3 Å². The summed E-state index contributed by atoms with van der Waals surface area (Å²) >= 11 is 0. The molecule has 0 aromatic heterocycles. The Kier molecular flexibility index (Phi) is 5.24. The van der Waals surface area contributed by atoms with Gasteiger partial charge in [0.25, 0.3) is 0 Å². The molecule has 1 unspecified atom stereocenters. The summed E-state index contributed by atoms with van der Waals surface area (Å²) < 4.78 is 27.2. The first-order chi connectivity index (χ1) is 8.49. The maximum atomic E-state index is 13.6. The lowest BCUT2D eigenvalue weighted by molar-refractivity contribution is 0.380. The second-order valence-corrected chi connectivity index (χ2v) is 4.67. The van der Waals surface area contributed by atoms with Crippen molar-refractivity contribution >= 4 is 0 Å². The molecular formula is C14H18F2N2. The van der Waals surface area contributed by atoms with Gasteiger partial charge in [0.2, 0.25) is 0 Å². The Morgan fingerprint density at radius 1 is 1.28 bits per heavy atom. The molecule has 0 amide bonds. The minimum atomic E-state index is -0.669. The van der Waals surface area contributed by atoms with Gasteiger partial charge in [-0.2, -0.15) is 5.26 Å². The molecule has 0 saturated heterocycles. The van der Waals surface area contributed by atoms with Crippen molar-refractivity contribution in [2.24, 2.45) is 5.92 Å². The standard InChI is InChI=1S/C14H18F2N2/c1-4-14(9(2)3)18-8-11-12(15)5-10(7-17)6-13(11)16/h5-6,9,14,18H,4,8H2,1-3H3. The summed E-state index contributed by atoms with van der Waals surface area (Å²) in [5.41, 5.74) is -0.00208. The summed E-state index contributed by atoms with van der Waals surface area (Å²) in [5.74, 6) is -0.935. The van der Waals surface area contributed by atoms with E-state index in [2.05, 4.69) is 19.2 Å². The zero-order valence-corrected chi connectivity index (χ0v) is 10.9. The van der Waals surface area contributed by atoms with E-state index in [1.165, 1.54) is 0 Å².